The molecule has 0 aliphatic rings. The fourth-order valence-electron chi connectivity index (χ4n) is 3.01. The molecule has 4 rings (SSSR count). The fraction of sp³-hybridized carbons (Fsp3) is 0.130. The normalized spacial score (nSPS) is 10.7. The van der Waals surface area contributed by atoms with Crippen molar-refractivity contribution < 1.29 is 13.9 Å². The zero-order valence-electron chi connectivity index (χ0n) is 17.1. The number of aryl methyl sites for hydroxylation is 2. The average molecular weight is 434 g/mol. The highest BCUT2D eigenvalue weighted by Gasteiger charge is 2.17. The standard InChI is InChI=1S/C23H19FN4O2S/c1-13-6-9-18(26-14(13)2)19-12-31-23(27-19)28-22(29)16-5-4-10-25-21(16)15-7-8-17(24)20(11-15)30-3/h4-12H,1-3H3,(H,27,28,29). The largest absolute Gasteiger partial charge is 0.494 e. The Kier molecular flexibility index (Phi) is 5.73. The van der Waals surface area contributed by atoms with Crippen molar-refractivity contribution in [2.24, 2.45) is 0 Å². The zero-order chi connectivity index (χ0) is 22.0. The number of hydrogen-bond donors (Lipinski definition) is 1. The molecule has 0 saturated heterocycles. The molecule has 0 bridgehead atoms. The predicted molar refractivity (Wildman–Crippen MR) is 119 cm³/mol. The number of amides is 1. The highest BCUT2D eigenvalue weighted by atomic mass is 32.1. The zero-order valence-corrected chi connectivity index (χ0v) is 18.0. The first-order valence-electron chi connectivity index (χ1n) is 9.46. The molecule has 0 spiro atoms. The molecular formula is C23H19FN4O2S. The van der Waals surface area contributed by atoms with Gasteiger partial charge in [-0.05, 0) is 55.8 Å². The van der Waals surface area contributed by atoms with Gasteiger partial charge in [-0.15, -0.1) is 11.3 Å². The van der Waals surface area contributed by atoms with E-state index in [1.165, 1.54) is 30.6 Å². The maximum Gasteiger partial charge on any atom is 0.259 e. The van der Waals surface area contributed by atoms with Crippen LogP contribution in [-0.4, -0.2) is 28.0 Å². The van der Waals surface area contributed by atoms with E-state index in [-0.39, 0.29) is 11.7 Å². The van der Waals surface area contributed by atoms with Gasteiger partial charge in [0.15, 0.2) is 16.7 Å². The lowest BCUT2D eigenvalue weighted by Gasteiger charge is -2.10. The van der Waals surface area contributed by atoms with E-state index in [2.05, 4.69) is 20.3 Å². The summed E-state index contributed by atoms with van der Waals surface area (Å²) in [7, 11) is 1.39. The number of ether oxygens (including phenoxy) is 1. The van der Waals surface area contributed by atoms with Crippen LogP contribution in [0.4, 0.5) is 9.52 Å². The van der Waals surface area contributed by atoms with Gasteiger partial charge in [-0.25, -0.2) is 9.37 Å². The van der Waals surface area contributed by atoms with Crippen LogP contribution in [0, 0.1) is 19.7 Å². The number of nitrogens with zero attached hydrogens (tertiary/aromatic N) is 3. The topological polar surface area (TPSA) is 77.0 Å². The number of rotatable bonds is 5. The van der Waals surface area contributed by atoms with E-state index in [0.29, 0.717) is 27.6 Å². The summed E-state index contributed by atoms with van der Waals surface area (Å²) in [4.78, 5) is 26.3. The van der Waals surface area contributed by atoms with Gasteiger partial charge in [-0.3, -0.25) is 20.1 Å². The highest BCUT2D eigenvalue weighted by molar-refractivity contribution is 7.14. The average Bonchev–Trinajstić information content (AvgIpc) is 3.24. The number of carbonyl (C=O) groups excluding carboxylic acids is 1. The van der Waals surface area contributed by atoms with Crippen molar-refractivity contribution in [3.05, 3.63) is 76.7 Å². The summed E-state index contributed by atoms with van der Waals surface area (Å²) in [5, 5.41) is 5.12. The van der Waals surface area contributed by atoms with Gasteiger partial charge < -0.3 is 4.74 Å². The summed E-state index contributed by atoms with van der Waals surface area (Å²) in [6.07, 6.45) is 1.58. The lowest BCUT2D eigenvalue weighted by atomic mass is 10.0. The molecule has 0 unspecified atom stereocenters. The predicted octanol–water partition coefficient (Wildman–Crippen LogP) is 5.28. The van der Waals surface area contributed by atoms with Gasteiger partial charge in [-0.1, -0.05) is 6.07 Å². The molecule has 6 nitrogen and oxygen atoms in total. The maximum atomic E-state index is 13.8. The number of benzene rings is 1. The molecule has 3 aromatic heterocycles. The monoisotopic (exact) mass is 434 g/mol. The summed E-state index contributed by atoms with van der Waals surface area (Å²) in [5.41, 5.74) is 4.82. The minimum absolute atomic E-state index is 0.0833. The number of carbonyl (C=O) groups is 1. The number of nitrogens with one attached hydrogen (secondary N) is 1. The van der Waals surface area contributed by atoms with Crippen molar-refractivity contribution in [1.82, 2.24) is 15.0 Å². The van der Waals surface area contributed by atoms with Crippen LogP contribution in [0.3, 0.4) is 0 Å². The number of aromatic nitrogens is 3. The first-order valence-corrected chi connectivity index (χ1v) is 10.3. The van der Waals surface area contributed by atoms with E-state index in [1.807, 2.05) is 31.4 Å². The molecule has 0 radical (unpaired) electrons. The third-order valence-electron chi connectivity index (χ3n) is 4.81. The van der Waals surface area contributed by atoms with E-state index < -0.39 is 5.82 Å². The van der Waals surface area contributed by atoms with Crippen LogP contribution in [0.2, 0.25) is 0 Å². The van der Waals surface area contributed by atoms with Crippen LogP contribution >= 0.6 is 11.3 Å². The minimum atomic E-state index is -0.483. The van der Waals surface area contributed by atoms with Crippen LogP contribution in [0.15, 0.2) is 54.0 Å². The van der Waals surface area contributed by atoms with Crippen molar-refractivity contribution in [3.8, 4) is 28.4 Å². The van der Waals surface area contributed by atoms with Crippen LogP contribution in [-0.2, 0) is 0 Å². The molecule has 0 aliphatic heterocycles. The van der Waals surface area contributed by atoms with Gasteiger partial charge in [0.05, 0.1) is 24.1 Å². The smallest absolute Gasteiger partial charge is 0.259 e. The molecule has 1 aromatic carbocycles. The number of methoxy groups -OCH3 is 1. The Morgan fingerprint density at radius 3 is 2.71 bits per heavy atom. The first-order chi connectivity index (χ1) is 15.0. The molecule has 0 saturated carbocycles. The Hall–Kier alpha value is -3.65. The van der Waals surface area contributed by atoms with Crippen molar-refractivity contribution in [1.29, 1.82) is 0 Å². The first kappa shape index (κ1) is 20.6. The molecule has 0 aliphatic carbocycles. The third kappa shape index (κ3) is 4.29. The molecular weight excluding hydrogens is 415 g/mol. The Balaban J connectivity index is 1.60. The molecule has 3 heterocycles. The fourth-order valence-corrected chi connectivity index (χ4v) is 3.71. The van der Waals surface area contributed by atoms with E-state index in [9.17, 15) is 9.18 Å². The Morgan fingerprint density at radius 1 is 1.10 bits per heavy atom. The van der Waals surface area contributed by atoms with Crippen molar-refractivity contribution in [2.75, 3.05) is 12.4 Å². The quantitative estimate of drug-likeness (QED) is 0.462. The summed E-state index contributed by atoms with van der Waals surface area (Å²) in [6, 6.07) is 11.6. The van der Waals surface area contributed by atoms with Gasteiger partial charge in [0.25, 0.3) is 5.91 Å². The number of thiazole rings is 1. The summed E-state index contributed by atoms with van der Waals surface area (Å²) < 4.78 is 18.8. The summed E-state index contributed by atoms with van der Waals surface area (Å²) >= 11 is 1.31. The number of pyridine rings is 2. The molecule has 4 aromatic rings. The number of anilines is 1. The molecule has 0 fully saturated rings. The van der Waals surface area contributed by atoms with Crippen LogP contribution < -0.4 is 10.1 Å². The summed E-state index contributed by atoms with van der Waals surface area (Å²) in [6.45, 7) is 3.95. The maximum absolute atomic E-state index is 13.8. The van der Waals surface area contributed by atoms with E-state index >= 15 is 0 Å². The van der Waals surface area contributed by atoms with E-state index in [1.54, 1.807) is 24.4 Å². The van der Waals surface area contributed by atoms with Gasteiger partial charge in [0.2, 0.25) is 0 Å². The highest BCUT2D eigenvalue weighted by Crippen LogP contribution is 2.29. The van der Waals surface area contributed by atoms with Crippen molar-refractivity contribution in [3.63, 3.8) is 0 Å². The Morgan fingerprint density at radius 2 is 1.94 bits per heavy atom. The van der Waals surface area contributed by atoms with E-state index in [4.69, 9.17) is 4.74 Å². The van der Waals surface area contributed by atoms with Gasteiger partial charge in [0.1, 0.15) is 5.69 Å². The second kappa shape index (κ2) is 8.61. The van der Waals surface area contributed by atoms with Crippen molar-refractivity contribution >= 4 is 22.4 Å². The van der Waals surface area contributed by atoms with E-state index in [0.717, 1.165) is 17.0 Å². The van der Waals surface area contributed by atoms with Crippen molar-refractivity contribution in [2.45, 2.75) is 13.8 Å². The number of hydrogen-bond acceptors (Lipinski definition) is 6. The number of halogens is 1. The second-order valence-corrected chi connectivity index (χ2v) is 7.70. The lowest BCUT2D eigenvalue weighted by molar-refractivity contribution is 0.102. The second-order valence-electron chi connectivity index (χ2n) is 6.84. The SMILES string of the molecule is COc1cc(-c2ncccc2C(=O)Nc2nc(-c3ccc(C)c(C)n3)cs2)ccc1F. The minimum Gasteiger partial charge on any atom is -0.494 e. The molecule has 156 valence electrons. The molecule has 0 atom stereocenters. The van der Waals surface area contributed by atoms with Gasteiger partial charge in [-0.2, -0.15) is 0 Å². The van der Waals surface area contributed by atoms with Gasteiger partial charge in [0, 0.05) is 22.8 Å². The molecule has 1 N–H and O–H groups in total. The van der Waals surface area contributed by atoms with Crippen LogP contribution in [0.25, 0.3) is 22.6 Å². The van der Waals surface area contributed by atoms with Crippen LogP contribution in [0.1, 0.15) is 21.6 Å². The lowest BCUT2D eigenvalue weighted by Crippen LogP contribution is -2.13. The van der Waals surface area contributed by atoms with Gasteiger partial charge >= 0.3 is 0 Å². The third-order valence-corrected chi connectivity index (χ3v) is 5.57. The Bertz CT molecular complexity index is 1270. The Labute approximate surface area is 182 Å². The van der Waals surface area contributed by atoms with Crippen LogP contribution in [0.5, 0.6) is 5.75 Å². The molecule has 31 heavy (non-hydrogen) atoms. The molecule has 1 amide bonds. The molecule has 8 heteroatoms. The summed E-state index contributed by atoms with van der Waals surface area (Å²) in [5.74, 6) is -0.760.